The Kier molecular flexibility index (Phi) is 7.83. The van der Waals surface area contributed by atoms with Gasteiger partial charge in [-0.25, -0.2) is 14.4 Å². The Hall–Kier alpha value is -3.45. The van der Waals surface area contributed by atoms with Crippen molar-refractivity contribution in [3.8, 4) is 28.3 Å². The van der Waals surface area contributed by atoms with Gasteiger partial charge in [-0.3, -0.25) is 4.98 Å². The highest BCUT2D eigenvalue weighted by Gasteiger charge is 2.26. The second-order valence-electron chi connectivity index (χ2n) is 8.34. The van der Waals surface area contributed by atoms with Crippen LogP contribution in [0.3, 0.4) is 0 Å². The van der Waals surface area contributed by atoms with Gasteiger partial charge in [0.2, 0.25) is 0 Å². The third-order valence-electron chi connectivity index (χ3n) is 6.26. The Morgan fingerprint density at radius 3 is 2.54 bits per heavy atom. The number of ether oxygens (including phenoxy) is 1. The van der Waals surface area contributed by atoms with Crippen molar-refractivity contribution in [3.63, 3.8) is 0 Å². The van der Waals surface area contributed by atoms with Gasteiger partial charge < -0.3 is 9.64 Å². The molecule has 0 unspecified atom stereocenters. The number of benzene rings is 3. The molecule has 6 rings (SSSR count). The number of hydrogen-bond donors (Lipinski definition) is 0. The maximum Gasteiger partial charge on any atom is 0.163 e. The molecule has 0 amide bonds. The second-order valence-corrected chi connectivity index (χ2v) is 8.78. The number of methoxy groups -OCH3 is 1. The van der Waals surface area contributed by atoms with Gasteiger partial charge in [-0.05, 0) is 66.1 Å². The predicted molar refractivity (Wildman–Crippen MR) is 151 cm³/mol. The van der Waals surface area contributed by atoms with Crippen LogP contribution in [0.2, 0.25) is 5.02 Å². The summed E-state index contributed by atoms with van der Waals surface area (Å²) >= 11 is 6.26. The van der Waals surface area contributed by atoms with E-state index in [0.717, 1.165) is 41.0 Å². The highest BCUT2D eigenvalue weighted by molar-refractivity contribution is 6.30. The van der Waals surface area contributed by atoms with Crippen molar-refractivity contribution in [1.29, 1.82) is 0 Å². The van der Waals surface area contributed by atoms with Crippen LogP contribution in [0.4, 0.5) is 15.9 Å². The SMILES string of the molecule is COc1cc(-c2ccccc2F)cc2c(N3CCc4cc(Cl)ccc43)nc(-c3cccnc3)nc12.Cl.Cl. The normalized spacial score (nSPS) is 12.0. The monoisotopic (exact) mass is 554 g/mol. The number of halogens is 4. The number of nitrogens with zero attached hydrogens (tertiary/aromatic N) is 4. The quantitative estimate of drug-likeness (QED) is 0.227. The van der Waals surface area contributed by atoms with E-state index in [2.05, 4.69) is 9.88 Å². The maximum absolute atomic E-state index is 14.7. The summed E-state index contributed by atoms with van der Waals surface area (Å²) < 4.78 is 20.5. The van der Waals surface area contributed by atoms with Gasteiger partial charge in [0.1, 0.15) is 22.9 Å². The molecule has 0 fully saturated rings. The van der Waals surface area contributed by atoms with E-state index in [9.17, 15) is 4.39 Å². The first-order valence-electron chi connectivity index (χ1n) is 11.2. The average molecular weight is 556 g/mol. The molecule has 37 heavy (non-hydrogen) atoms. The van der Waals surface area contributed by atoms with Crippen LogP contribution in [0.15, 0.2) is 79.1 Å². The first-order valence-corrected chi connectivity index (χ1v) is 11.6. The van der Waals surface area contributed by atoms with Gasteiger partial charge >= 0.3 is 0 Å². The second kappa shape index (κ2) is 10.9. The summed E-state index contributed by atoms with van der Waals surface area (Å²) in [4.78, 5) is 16.3. The Bertz CT molecular complexity index is 1580. The lowest BCUT2D eigenvalue weighted by Gasteiger charge is -2.22. The first kappa shape index (κ1) is 26.6. The standard InChI is InChI=1S/C28H20ClFN4O.2ClH/c1-35-25-15-19(21-6-2-3-7-23(21)30)14-22-26(25)32-27(18-5-4-11-31-16-18)33-28(22)34-12-10-17-13-20(29)8-9-24(17)34;;/h2-9,11,13-16H,10,12H2,1H3;2*1H. The molecular weight excluding hydrogens is 534 g/mol. The van der Waals surface area contributed by atoms with Crippen molar-refractivity contribution in [2.75, 3.05) is 18.6 Å². The summed E-state index contributed by atoms with van der Waals surface area (Å²) in [5.74, 6) is 1.51. The molecule has 0 atom stereocenters. The summed E-state index contributed by atoms with van der Waals surface area (Å²) in [6.45, 7) is 0.737. The molecule has 3 heterocycles. The molecule has 5 aromatic rings. The van der Waals surface area contributed by atoms with E-state index in [1.165, 1.54) is 6.07 Å². The van der Waals surface area contributed by atoms with E-state index in [-0.39, 0.29) is 30.6 Å². The predicted octanol–water partition coefficient (Wildman–Crippen LogP) is 7.70. The number of aromatic nitrogens is 3. The van der Waals surface area contributed by atoms with E-state index >= 15 is 0 Å². The van der Waals surface area contributed by atoms with Crippen molar-refractivity contribution >= 4 is 58.8 Å². The Morgan fingerprint density at radius 1 is 0.946 bits per heavy atom. The van der Waals surface area contributed by atoms with Crippen molar-refractivity contribution in [1.82, 2.24) is 15.0 Å². The molecular formula is C28H22Cl3FN4O. The number of hydrogen-bond acceptors (Lipinski definition) is 5. The number of fused-ring (bicyclic) bond motifs is 2. The van der Waals surface area contributed by atoms with Crippen LogP contribution in [-0.4, -0.2) is 28.6 Å². The molecule has 0 N–H and O–H groups in total. The number of rotatable bonds is 4. The third-order valence-corrected chi connectivity index (χ3v) is 6.50. The minimum atomic E-state index is -0.301. The van der Waals surface area contributed by atoms with E-state index in [1.54, 1.807) is 31.6 Å². The lowest BCUT2D eigenvalue weighted by molar-refractivity contribution is 0.419. The van der Waals surface area contributed by atoms with E-state index in [1.807, 2.05) is 48.5 Å². The zero-order valence-electron chi connectivity index (χ0n) is 19.7. The highest BCUT2D eigenvalue weighted by Crippen LogP contribution is 2.42. The summed E-state index contributed by atoms with van der Waals surface area (Å²) in [5, 5.41) is 1.48. The Labute approximate surface area is 231 Å². The molecule has 0 radical (unpaired) electrons. The maximum atomic E-state index is 14.7. The smallest absolute Gasteiger partial charge is 0.163 e. The average Bonchev–Trinajstić information content (AvgIpc) is 3.31. The summed E-state index contributed by atoms with van der Waals surface area (Å²) in [5.41, 5.74) is 4.84. The van der Waals surface area contributed by atoms with Gasteiger partial charge in [0.25, 0.3) is 0 Å². The number of pyridine rings is 1. The van der Waals surface area contributed by atoms with Gasteiger partial charge in [0, 0.05) is 46.2 Å². The minimum absolute atomic E-state index is 0. The fraction of sp³-hybridized carbons (Fsp3) is 0.107. The lowest BCUT2D eigenvalue weighted by atomic mass is 10.0. The van der Waals surface area contributed by atoms with Gasteiger partial charge in [-0.1, -0.05) is 29.8 Å². The van der Waals surface area contributed by atoms with E-state index in [0.29, 0.717) is 33.2 Å². The topological polar surface area (TPSA) is 51.1 Å². The molecule has 0 saturated carbocycles. The molecule has 9 heteroatoms. The molecule has 0 saturated heterocycles. The molecule has 188 valence electrons. The Balaban J connectivity index is 0.00000160. The van der Waals surface area contributed by atoms with Crippen LogP contribution in [0.25, 0.3) is 33.4 Å². The minimum Gasteiger partial charge on any atom is -0.494 e. The van der Waals surface area contributed by atoms with Gasteiger partial charge in [0.05, 0.1) is 7.11 Å². The van der Waals surface area contributed by atoms with Crippen LogP contribution in [0.1, 0.15) is 5.56 Å². The van der Waals surface area contributed by atoms with Gasteiger partial charge in [-0.15, -0.1) is 24.8 Å². The van der Waals surface area contributed by atoms with Crippen LogP contribution in [0.5, 0.6) is 5.75 Å². The molecule has 5 nitrogen and oxygen atoms in total. The number of anilines is 2. The van der Waals surface area contributed by atoms with Crippen molar-refractivity contribution in [2.45, 2.75) is 6.42 Å². The molecule has 3 aromatic carbocycles. The van der Waals surface area contributed by atoms with Gasteiger partial charge in [0.15, 0.2) is 5.82 Å². The fourth-order valence-corrected chi connectivity index (χ4v) is 4.81. The van der Waals surface area contributed by atoms with E-state index < -0.39 is 0 Å². The zero-order valence-corrected chi connectivity index (χ0v) is 22.1. The van der Waals surface area contributed by atoms with Crippen LogP contribution in [0, 0.1) is 5.82 Å². The molecule has 0 bridgehead atoms. The fourth-order valence-electron chi connectivity index (χ4n) is 4.61. The molecule has 0 spiro atoms. The molecule has 1 aliphatic heterocycles. The van der Waals surface area contributed by atoms with Crippen molar-refractivity contribution in [3.05, 3.63) is 95.5 Å². The first-order chi connectivity index (χ1) is 17.1. The van der Waals surface area contributed by atoms with Gasteiger partial charge in [-0.2, -0.15) is 0 Å². The van der Waals surface area contributed by atoms with Crippen molar-refractivity contribution in [2.24, 2.45) is 0 Å². The van der Waals surface area contributed by atoms with Crippen molar-refractivity contribution < 1.29 is 9.13 Å². The zero-order chi connectivity index (χ0) is 23.9. The molecule has 2 aromatic heterocycles. The summed E-state index contributed by atoms with van der Waals surface area (Å²) in [6.07, 6.45) is 4.30. The molecule has 0 aliphatic carbocycles. The van der Waals surface area contributed by atoms with E-state index in [4.69, 9.17) is 26.3 Å². The largest absolute Gasteiger partial charge is 0.494 e. The summed E-state index contributed by atoms with van der Waals surface area (Å²) in [7, 11) is 1.60. The summed E-state index contributed by atoms with van der Waals surface area (Å²) in [6, 6.07) is 20.1. The Morgan fingerprint density at radius 2 is 1.78 bits per heavy atom. The highest BCUT2D eigenvalue weighted by atomic mass is 35.5. The third kappa shape index (κ3) is 4.80. The van der Waals surface area contributed by atoms with Crippen LogP contribution < -0.4 is 9.64 Å². The van der Waals surface area contributed by atoms with Crippen LogP contribution in [-0.2, 0) is 6.42 Å². The molecule has 1 aliphatic rings. The van der Waals surface area contributed by atoms with Crippen LogP contribution >= 0.6 is 36.4 Å². The lowest BCUT2D eigenvalue weighted by Crippen LogP contribution is -2.16.